The molecule has 1 aliphatic carbocycles. The van der Waals surface area contributed by atoms with Gasteiger partial charge < -0.3 is 19.9 Å². The highest BCUT2D eigenvalue weighted by atomic mass is 16.6. The Morgan fingerprint density at radius 2 is 1.80 bits per heavy atom. The summed E-state index contributed by atoms with van der Waals surface area (Å²) in [5.74, 6) is 1.62. The molecule has 0 amide bonds. The summed E-state index contributed by atoms with van der Waals surface area (Å²) < 4.78 is 11.1. The molecule has 2 N–H and O–H groups in total. The molecule has 3 rings (SSSR count). The third-order valence-corrected chi connectivity index (χ3v) is 4.46. The number of rotatable bonds is 4. The first-order chi connectivity index (χ1) is 9.81. The van der Waals surface area contributed by atoms with Crippen molar-refractivity contribution in [1.29, 1.82) is 0 Å². The van der Waals surface area contributed by atoms with Gasteiger partial charge in [-0.15, -0.1) is 0 Å². The third-order valence-electron chi connectivity index (χ3n) is 4.46. The minimum atomic E-state index is 0.0471. The molecule has 0 unspecified atom stereocenters. The minimum absolute atomic E-state index is 0.0471. The third kappa shape index (κ3) is 2.85. The smallest absolute Gasteiger partial charge is 0.163 e. The van der Waals surface area contributed by atoms with E-state index in [1.165, 1.54) is 19.3 Å². The van der Waals surface area contributed by atoms with Gasteiger partial charge in [-0.3, -0.25) is 0 Å². The molecule has 110 valence electrons. The second-order valence-electron chi connectivity index (χ2n) is 5.93. The van der Waals surface area contributed by atoms with Gasteiger partial charge in [0.2, 0.25) is 0 Å². The minimum Gasteiger partial charge on any atom is -0.486 e. The zero-order valence-electron chi connectivity index (χ0n) is 11.9. The SMILES string of the molecule is OCC1(CNc2ccc3c(c2)OCCO3)CCCCC1. The summed E-state index contributed by atoms with van der Waals surface area (Å²) in [4.78, 5) is 0. The number of benzene rings is 1. The average molecular weight is 277 g/mol. The van der Waals surface area contributed by atoms with E-state index in [1.807, 2.05) is 18.2 Å². The molecule has 0 saturated heterocycles. The fourth-order valence-corrected chi connectivity index (χ4v) is 3.14. The first-order valence-corrected chi connectivity index (χ1v) is 7.56. The van der Waals surface area contributed by atoms with Gasteiger partial charge in [-0.1, -0.05) is 19.3 Å². The van der Waals surface area contributed by atoms with E-state index >= 15 is 0 Å². The van der Waals surface area contributed by atoms with Gasteiger partial charge in [0.05, 0.1) is 6.61 Å². The van der Waals surface area contributed by atoms with E-state index in [9.17, 15) is 5.11 Å². The van der Waals surface area contributed by atoms with Crippen molar-refractivity contribution in [3.05, 3.63) is 18.2 Å². The Morgan fingerprint density at radius 3 is 2.55 bits per heavy atom. The maximum absolute atomic E-state index is 9.73. The summed E-state index contributed by atoms with van der Waals surface area (Å²) in [6, 6.07) is 5.95. The number of hydrogen-bond donors (Lipinski definition) is 2. The molecule has 0 spiro atoms. The van der Waals surface area contributed by atoms with Crippen LogP contribution in [0.25, 0.3) is 0 Å². The molecule has 2 aliphatic rings. The number of hydrogen-bond acceptors (Lipinski definition) is 4. The van der Waals surface area contributed by atoms with Crippen molar-refractivity contribution in [3.63, 3.8) is 0 Å². The van der Waals surface area contributed by atoms with Crippen LogP contribution in [0.1, 0.15) is 32.1 Å². The van der Waals surface area contributed by atoms with Gasteiger partial charge in [-0.2, -0.15) is 0 Å². The second-order valence-corrected chi connectivity index (χ2v) is 5.93. The summed E-state index contributed by atoms with van der Waals surface area (Å²) in [5.41, 5.74) is 1.08. The van der Waals surface area contributed by atoms with Crippen molar-refractivity contribution in [1.82, 2.24) is 0 Å². The Balaban J connectivity index is 1.65. The lowest BCUT2D eigenvalue weighted by Crippen LogP contribution is -2.35. The fourth-order valence-electron chi connectivity index (χ4n) is 3.14. The lowest BCUT2D eigenvalue weighted by molar-refractivity contribution is 0.0944. The van der Waals surface area contributed by atoms with Crippen LogP contribution in [0.5, 0.6) is 11.5 Å². The lowest BCUT2D eigenvalue weighted by atomic mass is 9.74. The maximum atomic E-state index is 9.73. The van der Waals surface area contributed by atoms with E-state index in [0.29, 0.717) is 13.2 Å². The van der Waals surface area contributed by atoms with Crippen LogP contribution in [0, 0.1) is 5.41 Å². The van der Waals surface area contributed by atoms with Crippen LogP contribution in [-0.4, -0.2) is 31.5 Å². The highest BCUT2D eigenvalue weighted by Crippen LogP contribution is 2.37. The maximum Gasteiger partial charge on any atom is 0.163 e. The van der Waals surface area contributed by atoms with Crippen LogP contribution in [0.2, 0.25) is 0 Å². The van der Waals surface area contributed by atoms with Crippen LogP contribution >= 0.6 is 0 Å². The zero-order chi connectivity index (χ0) is 13.8. The largest absolute Gasteiger partial charge is 0.486 e. The van der Waals surface area contributed by atoms with Gasteiger partial charge in [-0.25, -0.2) is 0 Å². The molecule has 0 aromatic heterocycles. The zero-order valence-corrected chi connectivity index (χ0v) is 11.9. The summed E-state index contributed by atoms with van der Waals surface area (Å²) in [6.45, 7) is 2.32. The number of nitrogens with one attached hydrogen (secondary N) is 1. The van der Waals surface area contributed by atoms with Crippen molar-refractivity contribution in [2.45, 2.75) is 32.1 Å². The predicted molar refractivity (Wildman–Crippen MR) is 78.5 cm³/mol. The van der Waals surface area contributed by atoms with Crippen LogP contribution in [0.3, 0.4) is 0 Å². The van der Waals surface area contributed by atoms with Crippen LogP contribution in [0.15, 0.2) is 18.2 Å². The van der Waals surface area contributed by atoms with Crippen molar-refractivity contribution in [2.75, 3.05) is 31.7 Å². The molecule has 0 bridgehead atoms. The molecule has 0 radical (unpaired) electrons. The average Bonchev–Trinajstić information content (AvgIpc) is 2.54. The van der Waals surface area contributed by atoms with Crippen molar-refractivity contribution < 1.29 is 14.6 Å². The van der Waals surface area contributed by atoms with Gasteiger partial charge in [-0.05, 0) is 25.0 Å². The summed E-state index contributed by atoms with van der Waals surface area (Å²) in [6.07, 6.45) is 5.97. The molecule has 4 heteroatoms. The standard InChI is InChI=1S/C16H23NO3/c18-12-16(6-2-1-3-7-16)11-17-13-4-5-14-15(10-13)20-9-8-19-14/h4-5,10,17-18H,1-3,6-9,11-12H2. The predicted octanol–water partition coefficient (Wildman–Crippen LogP) is 2.81. The van der Waals surface area contributed by atoms with Crippen molar-refractivity contribution >= 4 is 5.69 Å². The monoisotopic (exact) mass is 277 g/mol. The second kappa shape index (κ2) is 5.92. The number of fused-ring (bicyclic) bond motifs is 1. The first-order valence-electron chi connectivity index (χ1n) is 7.56. The molecule has 1 aromatic rings. The molecule has 0 atom stereocenters. The number of anilines is 1. The Morgan fingerprint density at radius 1 is 1.05 bits per heavy atom. The van der Waals surface area contributed by atoms with E-state index in [0.717, 1.165) is 36.6 Å². The highest BCUT2D eigenvalue weighted by molar-refractivity contribution is 5.55. The van der Waals surface area contributed by atoms with Crippen LogP contribution in [-0.2, 0) is 0 Å². The quantitative estimate of drug-likeness (QED) is 0.888. The molecule has 1 aliphatic heterocycles. The van der Waals surface area contributed by atoms with Gasteiger partial charge in [0.25, 0.3) is 0 Å². The molecule has 1 heterocycles. The lowest BCUT2D eigenvalue weighted by Gasteiger charge is -2.36. The summed E-state index contributed by atoms with van der Waals surface area (Å²) in [5, 5.41) is 13.2. The van der Waals surface area contributed by atoms with Crippen LogP contribution in [0.4, 0.5) is 5.69 Å². The van der Waals surface area contributed by atoms with Crippen molar-refractivity contribution in [3.8, 4) is 11.5 Å². The highest BCUT2D eigenvalue weighted by Gasteiger charge is 2.31. The Kier molecular flexibility index (Phi) is 4.01. The molecular weight excluding hydrogens is 254 g/mol. The number of ether oxygens (including phenoxy) is 2. The Bertz CT molecular complexity index is 455. The summed E-state index contributed by atoms with van der Waals surface area (Å²) in [7, 11) is 0. The Hall–Kier alpha value is -1.42. The molecular formula is C16H23NO3. The molecule has 4 nitrogen and oxygen atoms in total. The fraction of sp³-hybridized carbons (Fsp3) is 0.625. The summed E-state index contributed by atoms with van der Waals surface area (Å²) >= 11 is 0. The van der Waals surface area contributed by atoms with Gasteiger partial charge >= 0.3 is 0 Å². The topological polar surface area (TPSA) is 50.7 Å². The van der Waals surface area contributed by atoms with Gasteiger partial charge in [0.1, 0.15) is 13.2 Å². The van der Waals surface area contributed by atoms with Gasteiger partial charge in [0, 0.05) is 23.7 Å². The van der Waals surface area contributed by atoms with E-state index in [-0.39, 0.29) is 12.0 Å². The van der Waals surface area contributed by atoms with E-state index in [2.05, 4.69) is 5.32 Å². The number of aliphatic hydroxyl groups excluding tert-OH is 1. The van der Waals surface area contributed by atoms with Crippen LogP contribution < -0.4 is 14.8 Å². The molecule has 1 saturated carbocycles. The molecule has 20 heavy (non-hydrogen) atoms. The van der Waals surface area contributed by atoms with E-state index < -0.39 is 0 Å². The van der Waals surface area contributed by atoms with Gasteiger partial charge in [0.15, 0.2) is 11.5 Å². The molecule has 1 fully saturated rings. The Labute approximate surface area is 120 Å². The van der Waals surface area contributed by atoms with E-state index in [1.54, 1.807) is 0 Å². The van der Waals surface area contributed by atoms with Crippen molar-refractivity contribution in [2.24, 2.45) is 5.41 Å². The normalized spacial score (nSPS) is 20.4. The van der Waals surface area contributed by atoms with E-state index in [4.69, 9.17) is 9.47 Å². The molecule has 1 aromatic carbocycles. The number of aliphatic hydroxyl groups is 1. The first kappa shape index (κ1) is 13.6.